The smallest absolute Gasteiger partial charge is 0.211 e. The summed E-state index contributed by atoms with van der Waals surface area (Å²) in [5.74, 6) is -0.0765. The Labute approximate surface area is 132 Å². The number of halogens is 2. The monoisotopic (exact) mass is 380 g/mol. The molecule has 1 fully saturated rings. The molecule has 1 aliphatic heterocycles. The van der Waals surface area contributed by atoms with Crippen LogP contribution in [0, 0.1) is 11.7 Å². The molecular formula is C13H18BrFN2O3S. The molecule has 0 aromatic heterocycles. The Kier molecular flexibility index (Phi) is 5.11. The summed E-state index contributed by atoms with van der Waals surface area (Å²) in [6.07, 6.45) is 2.88. The summed E-state index contributed by atoms with van der Waals surface area (Å²) in [6.45, 7) is 1.29. The van der Waals surface area contributed by atoms with Crippen molar-refractivity contribution in [3.8, 4) is 5.75 Å². The molecule has 21 heavy (non-hydrogen) atoms. The van der Waals surface area contributed by atoms with Gasteiger partial charge in [-0.2, -0.15) is 0 Å². The Morgan fingerprint density at radius 1 is 1.52 bits per heavy atom. The molecule has 0 saturated carbocycles. The zero-order valence-corrected chi connectivity index (χ0v) is 14.1. The van der Waals surface area contributed by atoms with E-state index in [4.69, 9.17) is 10.5 Å². The third kappa shape index (κ3) is 4.31. The van der Waals surface area contributed by atoms with Crippen LogP contribution in [-0.2, 0) is 10.0 Å². The maximum atomic E-state index is 13.5. The van der Waals surface area contributed by atoms with Crippen molar-refractivity contribution in [3.63, 3.8) is 0 Å². The molecule has 0 radical (unpaired) electrons. The first-order valence-electron chi connectivity index (χ1n) is 6.60. The zero-order valence-electron chi connectivity index (χ0n) is 11.7. The van der Waals surface area contributed by atoms with Gasteiger partial charge in [0.2, 0.25) is 10.0 Å². The fourth-order valence-electron chi connectivity index (χ4n) is 2.34. The average molecular weight is 381 g/mol. The Balaban J connectivity index is 1.98. The number of hydrogen-bond acceptors (Lipinski definition) is 4. The van der Waals surface area contributed by atoms with Gasteiger partial charge in [0, 0.05) is 25.1 Å². The van der Waals surface area contributed by atoms with Gasteiger partial charge in [0.05, 0.1) is 23.0 Å². The van der Waals surface area contributed by atoms with Gasteiger partial charge in [0.15, 0.2) is 0 Å². The highest BCUT2D eigenvalue weighted by molar-refractivity contribution is 9.10. The number of nitrogens with zero attached hydrogens (tertiary/aromatic N) is 1. The van der Waals surface area contributed by atoms with Crippen LogP contribution in [0.1, 0.15) is 12.8 Å². The second kappa shape index (κ2) is 6.50. The first-order valence-corrected chi connectivity index (χ1v) is 9.24. The normalized spacial score (nSPS) is 20.4. The van der Waals surface area contributed by atoms with E-state index in [0.29, 0.717) is 25.4 Å². The van der Waals surface area contributed by atoms with E-state index in [-0.39, 0.29) is 16.1 Å². The van der Waals surface area contributed by atoms with Crippen molar-refractivity contribution < 1.29 is 17.5 Å². The lowest BCUT2D eigenvalue weighted by Crippen LogP contribution is -2.40. The zero-order chi connectivity index (χ0) is 15.6. The van der Waals surface area contributed by atoms with Gasteiger partial charge >= 0.3 is 0 Å². The highest BCUT2D eigenvalue weighted by Gasteiger charge is 2.26. The van der Waals surface area contributed by atoms with Gasteiger partial charge in [-0.05, 0) is 34.8 Å². The number of ether oxygens (including phenoxy) is 1. The van der Waals surface area contributed by atoms with E-state index < -0.39 is 15.8 Å². The molecule has 0 spiro atoms. The minimum Gasteiger partial charge on any atom is -0.491 e. The quantitative estimate of drug-likeness (QED) is 0.812. The molecule has 1 saturated heterocycles. The molecule has 1 heterocycles. The molecule has 1 unspecified atom stereocenters. The summed E-state index contributed by atoms with van der Waals surface area (Å²) < 4.78 is 43.9. The van der Waals surface area contributed by atoms with Gasteiger partial charge in [-0.25, -0.2) is 17.1 Å². The summed E-state index contributed by atoms with van der Waals surface area (Å²) >= 11 is 3.05. The van der Waals surface area contributed by atoms with Gasteiger partial charge in [-0.15, -0.1) is 0 Å². The van der Waals surface area contributed by atoms with Crippen molar-refractivity contribution in [1.82, 2.24) is 4.31 Å². The lowest BCUT2D eigenvalue weighted by Gasteiger charge is -2.30. The largest absolute Gasteiger partial charge is 0.491 e. The Morgan fingerprint density at radius 2 is 2.24 bits per heavy atom. The number of nitrogens with two attached hydrogens (primary N) is 1. The van der Waals surface area contributed by atoms with Crippen LogP contribution in [0.5, 0.6) is 5.75 Å². The number of sulfonamides is 1. The maximum Gasteiger partial charge on any atom is 0.211 e. The summed E-state index contributed by atoms with van der Waals surface area (Å²) in [4.78, 5) is 0. The molecule has 0 bridgehead atoms. The summed E-state index contributed by atoms with van der Waals surface area (Å²) in [5, 5.41) is 0. The van der Waals surface area contributed by atoms with Crippen LogP contribution < -0.4 is 10.5 Å². The number of piperidine rings is 1. The van der Waals surface area contributed by atoms with Crippen molar-refractivity contribution in [2.45, 2.75) is 12.8 Å². The van der Waals surface area contributed by atoms with E-state index in [1.807, 2.05) is 0 Å². The van der Waals surface area contributed by atoms with E-state index in [2.05, 4.69) is 15.9 Å². The van der Waals surface area contributed by atoms with E-state index in [1.54, 1.807) is 0 Å². The van der Waals surface area contributed by atoms with Crippen LogP contribution in [0.2, 0.25) is 0 Å². The van der Waals surface area contributed by atoms with Crippen LogP contribution in [0.3, 0.4) is 0 Å². The fraction of sp³-hybridized carbons (Fsp3) is 0.538. The van der Waals surface area contributed by atoms with E-state index in [9.17, 15) is 12.8 Å². The topological polar surface area (TPSA) is 72.6 Å². The van der Waals surface area contributed by atoms with Crippen LogP contribution >= 0.6 is 15.9 Å². The molecule has 2 N–H and O–H groups in total. The molecular weight excluding hydrogens is 363 g/mol. The van der Waals surface area contributed by atoms with Crippen LogP contribution in [-0.4, -0.2) is 38.7 Å². The first-order chi connectivity index (χ1) is 9.77. The number of hydrogen-bond donors (Lipinski definition) is 1. The molecule has 0 aliphatic carbocycles. The minimum absolute atomic E-state index is 0.0829. The minimum atomic E-state index is -3.18. The van der Waals surface area contributed by atoms with Gasteiger partial charge in [0.25, 0.3) is 0 Å². The van der Waals surface area contributed by atoms with Gasteiger partial charge in [-0.3, -0.25) is 0 Å². The average Bonchev–Trinajstić information content (AvgIpc) is 2.41. The van der Waals surface area contributed by atoms with Crippen molar-refractivity contribution >= 4 is 31.6 Å². The van der Waals surface area contributed by atoms with E-state index >= 15 is 0 Å². The Morgan fingerprint density at radius 3 is 2.90 bits per heavy atom. The highest BCUT2D eigenvalue weighted by atomic mass is 79.9. The van der Waals surface area contributed by atoms with Crippen molar-refractivity contribution in [2.24, 2.45) is 5.92 Å². The summed E-state index contributed by atoms with van der Waals surface area (Å²) in [5.41, 5.74) is 6.12. The fourth-order valence-corrected chi connectivity index (χ4v) is 3.64. The predicted octanol–water partition coefficient (Wildman–Crippen LogP) is 2.22. The molecule has 8 heteroatoms. The number of rotatable bonds is 4. The van der Waals surface area contributed by atoms with Crippen molar-refractivity contribution in [2.75, 3.05) is 31.7 Å². The van der Waals surface area contributed by atoms with Gasteiger partial charge < -0.3 is 10.5 Å². The highest BCUT2D eigenvalue weighted by Crippen LogP contribution is 2.29. The molecule has 1 atom stereocenters. The summed E-state index contributed by atoms with van der Waals surface area (Å²) in [6, 6.07) is 2.69. The molecule has 1 aromatic rings. The third-order valence-corrected chi connectivity index (χ3v) is 5.36. The molecule has 118 valence electrons. The predicted molar refractivity (Wildman–Crippen MR) is 83.1 cm³/mol. The molecule has 0 amide bonds. The molecule has 1 aromatic carbocycles. The molecule has 5 nitrogen and oxygen atoms in total. The molecule has 1 aliphatic rings. The van der Waals surface area contributed by atoms with E-state index in [1.165, 1.54) is 22.7 Å². The first kappa shape index (κ1) is 16.5. The lowest BCUT2D eigenvalue weighted by atomic mass is 10.0. The van der Waals surface area contributed by atoms with Crippen molar-refractivity contribution in [3.05, 3.63) is 22.4 Å². The second-order valence-corrected chi connectivity index (χ2v) is 8.08. The Hall–Kier alpha value is -0.860. The number of anilines is 1. The van der Waals surface area contributed by atoms with Crippen molar-refractivity contribution in [1.29, 1.82) is 0 Å². The van der Waals surface area contributed by atoms with Crippen LogP contribution in [0.4, 0.5) is 10.1 Å². The van der Waals surface area contributed by atoms with Crippen LogP contribution in [0.25, 0.3) is 0 Å². The second-order valence-electron chi connectivity index (χ2n) is 5.24. The number of benzene rings is 1. The van der Waals surface area contributed by atoms with Crippen LogP contribution in [0.15, 0.2) is 16.6 Å². The standard InChI is InChI=1S/C13H18BrFN2O3S/c1-21(18,19)17-4-2-3-9(7-17)8-20-13-6-11(15)10(14)5-12(13)16/h5-6,9H,2-4,7-8,16H2,1H3. The number of nitrogen functional groups attached to an aromatic ring is 1. The SMILES string of the molecule is CS(=O)(=O)N1CCCC(COc2cc(F)c(Br)cc2N)C1. The lowest BCUT2D eigenvalue weighted by molar-refractivity contribution is 0.181. The molecule has 2 rings (SSSR count). The maximum absolute atomic E-state index is 13.5. The third-order valence-electron chi connectivity index (χ3n) is 3.48. The summed E-state index contributed by atoms with van der Waals surface area (Å²) in [7, 11) is -3.18. The van der Waals surface area contributed by atoms with E-state index in [0.717, 1.165) is 12.8 Å². The van der Waals surface area contributed by atoms with Gasteiger partial charge in [0.1, 0.15) is 11.6 Å². The van der Waals surface area contributed by atoms with Gasteiger partial charge in [-0.1, -0.05) is 0 Å². The Bertz CT molecular complexity index is 624.